The molecule has 0 saturated carbocycles. The highest BCUT2D eigenvalue weighted by atomic mass is 19.1. The van der Waals surface area contributed by atoms with Gasteiger partial charge in [0.2, 0.25) is 11.7 Å². The Morgan fingerprint density at radius 2 is 1.89 bits per heavy atom. The number of hydrogen-bond donors (Lipinski definition) is 0. The van der Waals surface area contributed by atoms with Crippen molar-refractivity contribution in [3.05, 3.63) is 59.9 Å². The van der Waals surface area contributed by atoms with Crippen LogP contribution in [0.3, 0.4) is 0 Å². The van der Waals surface area contributed by atoms with Gasteiger partial charge in [-0.05, 0) is 30.9 Å². The standard InChI is InChI=1S/C19H17F2N5O2/c20-14-8-13(9-15(21)10-14)19(27)26-5-1-12(2-6-26)7-17-24-18(25-28-17)16-11-22-3-4-23-16/h3-4,8-12H,1-2,5-7H2. The normalized spacial score (nSPS) is 15.0. The number of carbonyl (C=O) groups is 1. The second-order valence-electron chi connectivity index (χ2n) is 6.70. The van der Waals surface area contributed by atoms with Crippen LogP contribution in [-0.2, 0) is 6.42 Å². The Morgan fingerprint density at radius 1 is 1.14 bits per heavy atom. The topological polar surface area (TPSA) is 85.0 Å². The van der Waals surface area contributed by atoms with Gasteiger partial charge in [0.25, 0.3) is 5.91 Å². The molecule has 0 aliphatic carbocycles. The van der Waals surface area contributed by atoms with E-state index in [1.807, 2.05) is 0 Å². The minimum atomic E-state index is -0.756. The third-order valence-electron chi connectivity index (χ3n) is 4.73. The minimum Gasteiger partial charge on any atom is -0.339 e. The number of carbonyl (C=O) groups excluding carboxylic acids is 1. The molecule has 0 atom stereocenters. The third-order valence-corrected chi connectivity index (χ3v) is 4.73. The summed E-state index contributed by atoms with van der Waals surface area (Å²) in [5, 5.41) is 3.93. The fraction of sp³-hybridized carbons (Fsp3) is 0.316. The molecule has 7 nitrogen and oxygen atoms in total. The van der Waals surface area contributed by atoms with E-state index in [0.29, 0.717) is 36.9 Å². The van der Waals surface area contributed by atoms with E-state index in [0.717, 1.165) is 31.0 Å². The van der Waals surface area contributed by atoms with Crippen molar-refractivity contribution < 1.29 is 18.1 Å². The number of benzene rings is 1. The first kappa shape index (κ1) is 18.1. The molecule has 1 aliphatic heterocycles. The number of amides is 1. The third kappa shape index (κ3) is 4.03. The second-order valence-corrected chi connectivity index (χ2v) is 6.70. The molecule has 1 amide bonds. The van der Waals surface area contributed by atoms with Crippen molar-refractivity contribution >= 4 is 5.91 Å². The molecular formula is C19H17F2N5O2. The van der Waals surface area contributed by atoms with E-state index in [2.05, 4.69) is 20.1 Å². The molecule has 2 aromatic heterocycles. The Balaban J connectivity index is 1.34. The van der Waals surface area contributed by atoms with Gasteiger partial charge in [-0.3, -0.25) is 9.78 Å². The zero-order chi connectivity index (χ0) is 19.5. The summed E-state index contributed by atoms with van der Waals surface area (Å²) in [6.45, 7) is 1.01. The lowest BCUT2D eigenvalue weighted by molar-refractivity contribution is 0.0686. The maximum atomic E-state index is 13.3. The molecule has 0 spiro atoms. The molecule has 9 heteroatoms. The molecule has 3 heterocycles. The van der Waals surface area contributed by atoms with Gasteiger partial charge in [-0.1, -0.05) is 5.16 Å². The highest BCUT2D eigenvalue weighted by molar-refractivity contribution is 5.94. The van der Waals surface area contributed by atoms with E-state index in [1.54, 1.807) is 23.5 Å². The number of halogens is 2. The summed E-state index contributed by atoms with van der Waals surface area (Å²) in [5.74, 6) is -0.688. The Kier molecular flexibility index (Phi) is 5.05. The molecule has 0 bridgehead atoms. The fourth-order valence-corrected chi connectivity index (χ4v) is 3.30. The van der Waals surface area contributed by atoms with Crippen LogP contribution in [0, 0.1) is 17.6 Å². The number of aromatic nitrogens is 4. The molecule has 3 aromatic rings. The first-order valence-corrected chi connectivity index (χ1v) is 8.93. The molecule has 1 aromatic carbocycles. The molecule has 0 unspecified atom stereocenters. The average molecular weight is 385 g/mol. The van der Waals surface area contributed by atoms with Crippen LogP contribution in [-0.4, -0.2) is 44.0 Å². The molecule has 1 aliphatic rings. The van der Waals surface area contributed by atoms with E-state index in [-0.39, 0.29) is 17.4 Å². The van der Waals surface area contributed by atoms with Crippen molar-refractivity contribution in [1.29, 1.82) is 0 Å². The van der Waals surface area contributed by atoms with E-state index in [1.165, 1.54) is 0 Å². The van der Waals surface area contributed by atoms with Gasteiger partial charge >= 0.3 is 0 Å². The first-order valence-electron chi connectivity index (χ1n) is 8.93. The SMILES string of the molecule is O=C(c1cc(F)cc(F)c1)N1CCC(Cc2nc(-c3cnccn3)no2)CC1. The van der Waals surface area contributed by atoms with Crippen molar-refractivity contribution in [3.8, 4) is 11.5 Å². The average Bonchev–Trinajstić information content (AvgIpc) is 3.16. The molecule has 0 radical (unpaired) electrons. The largest absolute Gasteiger partial charge is 0.339 e. The van der Waals surface area contributed by atoms with E-state index in [9.17, 15) is 13.6 Å². The minimum absolute atomic E-state index is 0.0291. The molecular weight excluding hydrogens is 368 g/mol. The molecule has 4 rings (SSSR count). The molecule has 0 N–H and O–H groups in total. The maximum absolute atomic E-state index is 13.3. The van der Waals surface area contributed by atoms with Crippen LogP contribution < -0.4 is 0 Å². The van der Waals surface area contributed by atoms with Gasteiger partial charge in [-0.15, -0.1) is 0 Å². The van der Waals surface area contributed by atoms with E-state index in [4.69, 9.17) is 4.52 Å². The first-order chi connectivity index (χ1) is 13.6. The summed E-state index contributed by atoms with van der Waals surface area (Å²) >= 11 is 0. The van der Waals surface area contributed by atoms with Crippen LogP contribution in [0.25, 0.3) is 11.5 Å². The second kappa shape index (κ2) is 7.79. The van der Waals surface area contributed by atoms with Gasteiger partial charge in [0.05, 0.1) is 6.20 Å². The highest BCUT2D eigenvalue weighted by Crippen LogP contribution is 2.23. The number of likely N-dealkylation sites (tertiary alicyclic amines) is 1. The van der Waals surface area contributed by atoms with Crippen molar-refractivity contribution in [2.24, 2.45) is 5.92 Å². The van der Waals surface area contributed by atoms with Gasteiger partial charge in [0, 0.05) is 43.5 Å². The van der Waals surface area contributed by atoms with Gasteiger partial charge in [-0.2, -0.15) is 4.98 Å². The number of rotatable bonds is 4. The van der Waals surface area contributed by atoms with Crippen molar-refractivity contribution in [2.45, 2.75) is 19.3 Å². The lowest BCUT2D eigenvalue weighted by Crippen LogP contribution is -2.39. The predicted octanol–water partition coefficient (Wildman–Crippen LogP) is 2.90. The lowest BCUT2D eigenvalue weighted by Gasteiger charge is -2.31. The van der Waals surface area contributed by atoms with Gasteiger partial charge < -0.3 is 9.42 Å². The summed E-state index contributed by atoms with van der Waals surface area (Å²) in [4.78, 5) is 26.5. The summed E-state index contributed by atoms with van der Waals surface area (Å²) in [7, 11) is 0. The molecule has 28 heavy (non-hydrogen) atoms. The van der Waals surface area contributed by atoms with Crippen LogP contribution in [0.1, 0.15) is 29.1 Å². The fourth-order valence-electron chi connectivity index (χ4n) is 3.30. The van der Waals surface area contributed by atoms with Crippen LogP contribution >= 0.6 is 0 Å². The van der Waals surface area contributed by atoms with Gasteiger partial charge in [0.15, 0.2) is 0 Å². The summed E-state index contributed by atoms with van der Waals surface area (Å²) < 4.78 is 32.0. The van der Waals surface area contributed by atoms with Crippen LogP contribution in [0.5, 0.6) is 0 Å². The highest BCUT2D eigenvalue weighted by Gasteiger charge is 2.26. The molecule has 1 fully saturated rings. The van der Waals surface area contributed by atoms with Crippen LogP contribution in [0.2, 0.25) is 0 Å². The van der Waals surface area contributed by atoms with Crippen molar-refractivity contribution in [3.63, 3.8) is 0 Å². The lowest BCUT2D eigenvalue weighted by atomic mass is 9.93. The predicted molar refractivity (Wildman–Crippen MR) is 94.0 cm³/mol. The molecule has 1 saturated heterocycles. The Bertz CT molecular complexity index is 951. The summed E-state index contributed by atoms with van der Waals surface area (Å²) in [6, 6.07) is 2.87. The zero-order valence-corrected chi connectivity index (χ0v) is 14.9. The van der Waals surface area contributed by atoms with E-state index >= 15 is 0 Å². The Morgan fingerprint density at radius 3 is 2.57 bits per heavy atom. The summed E-state index contributed by atoms with van der Waals surface area (Å²) in [5.41, 5.74) is 0.571. The van der Waals surface area contributed by atoms with Crippen LogP contribution in [0.15, 0.2) is 41.3 Å². The smallest absolute Gasteiger partial charge is 0.254 e. The summed E-state index contributed by atoms with van der Waals surface area (Å²) in [6.07, 6.45) is 6.77. The quantitative estimate of drug-likeness (QED) is 0.687. The Hall–Kier alpha value is -3.23. The van der Waals surface area contributed by atoms with Crippen LogP contribution in [0.4, 0.5) is 8.78 Å². The van der Waals surface area contributed by atoms with Crippen molar-refractivity contribution in [1.82, 2.24) is 25.0 Å². The number of nitrogens with zero attached hydrogens (tertiary/aromatic N) is 5. The van der Waals surface area contributed by atoms with Crippen molar-refractivity contribution in [2.75, 3.05) is 13.1 Å². The number of hydrogen-bond acceptors (Lipinski definition) is 6. The van der Waals surface area contributed by atoms with Gasteiger partial charge in [0.1, 0.15) is 17.3 Å². The van der Waals surface area contributed by atoms with Gasteiger partial charge in [-0.25, -0.2) is 13.8 Å². The Labute approximate surface area is 159 Å². The maximum Gasteiger partial charge on any atom is 0.254 e. The number of piperidine rings is 1. The van der Waals surface area contributed by atoms with E-state index < -0.39 is 11.6 Å². The molecule has 144 valence electrons. The zero-order valence-electron chi connectivity index (χ0n) is 14.9. The monoisotopic (exact) mass is 385 g/mol.